The van der Waals surface area contributed by atoms with Crippen molar-refractivity contribution in [2.45, 2.75) is 20.0 Å². The Labute approximate surface area is 175 Å². The summed E-state index contributed by atoms with van der Waals surface area (Å²) in [6.45, 7) is 3.18. The van der Waals surface area contributed by atoms with Gasteiger partial charge in [-0.2, -0.15) is 0 Å². The SMILES string of the molecule is Cc1cc(OCC(=O)NNC(=O)[C@@H](C)Oc2ccc(Cl)cc2Cl)ccc1Br. The quantitative estimate of drug-likeness (QED) is 0.617. The van der Waals surface area contributed by atoms with Crippen LogP contribution in [0.15, 0.2) is 40.9 Å². The minimum Gasteiger partial charge on any atom is -0.484 e. The topological polar surface area (TPSA) is 76.7 Å². The summed E-state index contributed by atoms with van der Waals surface area (Å²) < 4.78 is 11.8. The fourth-order valence-electron chi connectivity index (χ4n) is 1.94. The van der Waals surface area contributed by atoms with E-state index in [1.165, 1.54) is 13.0 Å². The van der Waals surface area contributed by atoms with Crippen molar-refractivity contribution >= 4 is 50.9 Å². The van der Waals surface area contributed by atoms with Gasteiger partial charge >= 0.3 is 0 Å². The molecule has 0 fully saturated rings. The van der Waals surface area contributed by atoms with Crippen LogP contribution in [0.2, 0.25) is 10.0 Å². The van der Waals surface area contributed by atoms with E-state index in [4.69, 9.17) is 32.7 Å². The number of aryl methyl sites for hydroxylation is 1. The third-order valence-corrected chi connectivity index (χ3v) is 4.81. The Balaban J connectivity index is 1.78. The van der Waals surface area contributed by atoms with Crippen LogP contribution in [-0.2, 0) is 9.59 Å². The van der Waals surface area contributed by atoms with Gasteiger partial charge in [-0.25, -0.2) is 0 Å². The molecule has 0 aliphatic rings. The van der Waals surface area contributed by atoms with Gasteiger partial charge in [-0.05, 0) is 55.8 Å². The van der Waals surface area contributed by atoms with Crippen LogP contribution in [-0.4, -0.2) is 24.5 Å². The Morgan fingerprint density at radius 1 is 1.15 bits per heavy atom. The zero-order valence-electron chi connectivity index (χ0n) is 14.5. The predicted molar refractivity (Wildman–Crippen MR) is 107 cm³/mol. The molecule has 0 saturated carbocycles. The van der Waals surface area contributed by atoms with Crippen molar-refractivity contribution in [3.05, 3.63) is 56.5 Å². The van der Waals surface area contributed by atoms with Crippen LogP contribution in [0.1, 0.15) is 12.5 Å². The molecule has 27 heavy (non-hydrogen) atoms. The highest BCUT2D eigenvalue weighted by atomic mass is 79.9. The number of rotatable bonds is 6. The van der Waals surface area contributed by atoms with Crippen LogP contribution in [0.25, 0.3) is 0 Å². The number of carbonyl (C=O) groups is 2. The second kappa shape index (κ2) is 9.82. The molecule has 2 N–H and O–H groups in total. The van der Waals surface area contributed by atoms with E-state index in [0.717, 1.165) is 10.0 Å². The standard InChI is InChI=1S/C18H17BrCl2N2O4/c1-10-7-13(4-5-14(10)19)26-9-17(24)22-23-18(25)11(2)27-16-6-3-12(20)8-15(16)21/h3-8,11H,9H2,1-2H3,(H,22,24)(H,23,25)/t11-/m1/s1. The van der Waals surface area contributed by atoms with Gasteiger partial charge in [0.15, 0.2) is 12.7 Å². The number of ether oxygens (including phenoxy) is 2. The molecule has 0 radical (unpaired) electrons. The van der Waals surface area contributed by atoms with Crippen LogP contribution < -0.4 is 20.3 Å². The second-order valence-electron chi connectivity index (χ2n) is 5.57. The normalized spacial score (nSPS) is 11.4. The molecular weight excluding hydrogens is 459 g/mol. The van der Waals surface area contributed by atoms with Gasteiger partial charge in [-0.1, -0.05) is 39.1 Å². The number of nitrogens with one attached hydrogen (secondary N) is 2. The maximum absolute atomic E-state index is 12.0. The Bertz CT molecular complexity index is 848. The molecule has 144 valence electrons. The van der Waals surface area contributed by atoms with Crippen LogP contribution in [0.3, 0.4) is 0 Å². The molecule has 2 amide bonds. The summed E-state index contributed by atoms with van der Waals surface area (Å²) in [4.78, 5) is 23.8. The number of hydrogen-bond acceptors (Lipinski definition) is 4. The average molecular weight is 476 g/mol. The molecule has 2 rings (SSSR count). The van der Waals surface area contributed by atoms with Gasteiger partial charge in [0.25, 0.3) is 11.8 Å². The third kappa shape index (κ3) is 6.61. The summed E-state index contributed by atoms with van der Waals surface area (Å²) in [6.07, 6.45) is -0.890. The molecular formula is C18H17BrCl2N2O4. The van der Waals surface area contributed by atoms with Gasteiger partial charge in [0.05, 0.1) is 5.02 Å². The van der Waals surface area contributed by atoms with Gasteiger partial charge in [-0.3, -0.25) is 20.4 Å². The molecule has 1 atom stereocenters. The molecule has 9 heteroatoms. The van der Waals surface area contributed by atoms with Crippen molar-refractivity contribution in [3.8, 4) is 11.5 Å². The highest BCUT2D eigenvalue weighted by molar-refractivity contribution is 9.10. The number of amides is 2. The van der Waals surface area contributed by atoms with E-state index in [0.29, 0.717) is 16.5 Å². The molecule has 0 saturated heterocycles. The molecule has 0 spiro atoms. The minimum absolute atomic E-state index is 0.250. The van der Waals surface area contributed by atoms with Gasteiger partial charge in [0.2, 0.25) is 0 Å². The molecule has 0 aliphatic heterocycles. The zero-order chi connectivity index (χ0) is 20.0. The van der Waals surface area contributed by atoms with Crippen molar-refractivity contribution < 1.29 is 19.1 Å². The lowest BCUT2D eigenvalue weighted by atomic mass is 10.2. The van der Waals surface area contributed by atoms with E-state index in [-0.39, 0.29) is 11.6 Å². The Morgan fingerprint density at radius 2 is 1.89 bits per heavy atom. The number of halogens is 3. The van der Waals surface area contributed by atoms with E-state index >= 15 is 0 Å². The van der Waals surface area contributed by atoms with E-state index < -0.39 is 17.9 Å². The number of benzene rings is 2. The van der Waals surface area contributed by atoms with Crippen LogP contribution in [0.4, 0.5) is 0 Å². The van der Waals surface area contributed by atoms with Crippen molar-refractivity contribution in [3.63, 3.8) is 0 Å². The lowest BCUT2D eigenvalue weighted by molar-refractivity contribution is -0.133. The second-order valence-corrected chi connectivity index (χ2v) is 7.27. The van der Waals surface area contributed by atoms with Gasteiger partial charge in [-0.15, -0.1) is 0 Å². The molecule has 6 nitrogen and oxygen atoms in total. The van der Waals surface area contributed by atoms with Crippen LogP contribution in [0.5, 0.6) is 11.5 Å². The van der Waals surface area contributed by atoms with Crippen molar-refractivity contribution in [2.24, 2.45) is 0 Å². The molecule has 2 aromatic rings. The fraction of sp³-hybridized carbons (Fsp3) is 0.222. The number of hydrazine groups is 1. The first kappa shape index (κ1) is 21.3. The third-order valence-electron chi connectivity index (χ3n) is 3.39. The van der Waals surface area contributed by atoms with E-state index in [1.54, 1.807) is 24.3 Å². The monoisotopic (exact) mass is 474 g/mol. The minimum atomic E-state index is -0.890. The Hall–Kier alpha value is -1.96. The molecule has 2 aromatic carbocycles. The van der Waals surface area contributed by atoms with Crippen molar-refractivity contribution in [1.82, 2.24) is 10.9 Å². The molecule has 0 aliphatic carbocycles. The Kier molecular flexibility index (Phi) is 7.77. The van der Waals surface area contributed by atoms with Crippen LogP contribution >= 0.6 is 39.1 Å². The zero-order valence-corrected chi connectivity index (χ0v) is 17.6. The first-order valence-electron chi connectivity index (χ1n) is 7.85. The smallest absolute Gasteiger partial charge is 0.279 e. The van der Waals surface area contributed by atoms with Gasteiger partial charge in [0, 0.05) is 9.50 Å². The average Bonchev–Trinajstić information content (AvgIpc) is 2.62. The highest BCUT2D eigenvalue weighted by Crippen LogP contribution is 2.28. The van der Waals surface area contributed by atoms with E-state index in [2.05, 4.69) is 26.8 Å². The molecule has 0 unspecified atom stereocenters. The first-order chi connectivity index (χ1) is 12.8. The summed E-state index contributed by atoms with van der Waals surface area (Å²) in [6, 6.07) is 10.0. The first-order valence-corrected chi connectivity index (χ1v) is 9.40. The fourth-order valence-corrected chi connectivity index (χ4v) is 2.64. The van der Waals surface area contributed by atoms with Crippen molar-refractivity contribution in [2.75, 3.05) is 6.61 Å². The van der Waals surface area contributed by atoms with Crippen molar-refractivity contribution in [1.29, 1.82) is 0 Å². The summed E-state index contributed by atoms with van der Waals surface area (Å²) in [5.74, 6) is -0.204. The van der Waals surface area contributed by atoms with E-state index in [1.807, 2.05) is 13.0 Å². The predicted octanol–water partition coefficient (Wildman–Crippen LogP) is 4.06. The number of carbonyl (C=O) groups excluding carboxylic acids is 2. The largest absolute Gasteiger partial charge is 0.484 e. The summed E-state index contributed by atoms with van der Waals surface area (Å²) in [5, 5.41) is 0.738. The molecule has 0 bridgehead atoms. The summed E-state index contributed by atoms with van der Waals surface area (Å²) >= 11 is 15.2. The van der Waals surface area contributed by atoms with Gasteiger partial charge < -0.3 is 9.47 Å². The maximum Gasteiger partial charge on any atom is 0.279 e. The number of hydrogen-bond donors (Lipinski definition) is 2. The Morgan fingerprint density at radius 3 is 2.56 bits per heavy atom. The van der Waals surface area contributed by atoms with E-state index in [9.17, 15) is 9.59 Å². The van der Waals surface area contributed by atoms with Crippen LogP contribution in [0, 0.1) is 6.92 Å². The summed E-state index contributed by atoms with van der Waals surface area (Å²) in [5.41, 5.74) is 5.51. The maximum atomic E-state index is 12.0. The lowest BCUT2D eigenvalue weighted by Gasteiger charge is -2.16. The molecule has 0 aromatic heterocycles. The van der Waals surface area contributed by atoms with Gasteiger partial charge in [0.1, 0.15) is 11.5 Å². The molecule has 0 heterocycles. The lowest BCUT2D eigenvalue weighted by Crippen LogP contribution is -2.48. The summed E-state index contributed by atoms with van der Waals surface area (Å²) in [7, 11) is 0. The highest BCUT2D eigenvalue weighted by Gasteiger charge is 2.17.